The number of pyridine rings is 1. The number of rotatable bonds is 6. The molecule has 0 aliphatic rings. The Hall–Kier alpha value is -2.44. The third kappa shape index (κ3) is 4.28. The van der Waals surface area contributed by atoms with Crippen LogP contribution in [0.15, 0.2) is 22.7 Å². The molecule has 1 atom stereocenters. The van der Waals surface area contributed by atoms with Crippen LogP contribution in [0, 0.1) is 12.8 Å². The maximum atomic E-state index is 12.7. The van der Waals surface area contributed by atoms with Gasteiger partial charge in [0, 0.05) is 27.2 Å². The van der Waals surface area contributed by atoms with Crippen LogP contribution in [0.3, 0.4) is 0 Å². The van der Waals surface area contributed by atoms with Crippen molar-refractivity contribution in [2.45, 2.75) is 33.2 Å². The Kier molecular flexibility index (Phi) is 5.31. The molecule has 0 saturated heterocycles. The minimum atomic E-state index is -0.320. The molecule has 2 heterocycles. The first-order valence-corrected chi connectivity index (χ1v) is 7.61. The number of hydrogen-bond donors (Lipinski definition) is 1. The van der Waals surface area contributed by atoms with Gasteiger partial charge in [-0.05, 0) is 24.5 Å². The van der Waals surface area contributed by atoms with Crippen LogP contribution in [0.5, 0.6) is 0 Å². The van der Waals surface area contributed by atoms with Gasteiger partial charge in [0.05, 0.1) is 5.56 Å². The molecule has 7 heteroatoms. The minimum Gasteiger partial charge on any atom is -0.423 e. The number of nitrogens with one attached hydrogen (secondary N) is 1. The van der Waals surface area contributed by atoms with Gasteiger partial charge >= 0.3 is 0 Å². The van der Waals surface area contributed by atoms with E-state index >= 15 is 0 Å². The van der Waals surface area contributed by atoms with Gasteiger partial charge in [0.2, 0.25) is 11.8 Å². The fraction of sp³-hybridized carbons (Fsp3) is 0.500. The van der Waals surface area contributed by atoms with E-state index in [4.69, 9.17) is 4.42 Å². The van der Waals surface area contributed by atoms with E-state index < -0.39 is 0 Å². The SMILES string of the molecule is Cc1nnc(C(CC(C)C)NC(=O)c2cccnc2N(C)C)o1. The van der Waals surface area contributed by atoms with Gasteiger partial charge in [-0.15, -0.1) is 10.2 Å². The summed E-state index contributed by atoms with van der Waals surface area (Å²) in [5.41, 5.74) is 0.516. The first-order valence-electron chi connectivity index (χ1n) is 7.61. The number of carbonyl (C=O) groups excluding carboxylic acids is 1. The lowest BCUT2D eigenvalue weighted by molar-refractivity contribution is 0.0924. The zero-order chi connectivity index (χ0) is 17.0. The maximum Gasteiger partial charge on any atom is 0.255 e. The molecule has 2 aromatic rings. The van der Waals surface area contributed by atoms with Crippen molar-refractivity contribution < 1.29 is 9.21 Å². The van der Waals surface area contributed by atoms with Crippen molar-refractivity contribution in [2.24, 2.45) is 5.92 Å². The summed E-state index contributed by atoms with van der Waals surface area (Å²) >= 11 is 0. The van der Waals surface area contributed by atoms with Crippen LogP contribution < -0.4 is 10.2 Å². The van der Waals surface area contributed by atoms with E-state index in [0.717, 1.165) is 0 Å². The van der Waals surface area contributed by atoms with Crippen molar-refractivity contribution in [1.82, 2.24) is 20.5 Å². The van der Waals surface area contributed by atoms with E-state index in [1.165, 1.54) is 0 Å². The Morgan fingerprint density at radius 2 is 2.09 bits per heavy atom. The Balaban J connectivity index is 2.24. The maximum absolute atomic E-state index is 12.7. The minimum absolute atomic E-state index is 0.205. The molecule has 0 fully saturated rings. The van der Waals surface area contributed by atoms with Gasteiger partial charge in [0.25, 0.3) is 5.91 Å². The van der Waals surface area contributed by atoms with Crippen LogP contribution in [0.2, 0.25) is 0 Å². The monoisotopic (exact) mass is 317 g/mol. The van der Waals surface area contributed by atoms with Gasteiger partial charge in [0.15, 0.2) is 0 Å². The molecule has 0 aliphatic heterocycles. The highest BCUT2D eigenvalue weighted by Gasteiger charge is 2.24. The van der Waals surface area contributed by atoms with Crippen molar-refractivity contribution in [3.8, 4) is 0 Å². The number of anilines is 1. The van der Waals surface area contributed by atoms with Crippen molar-refractivity contribution in [1.29, 1.82) is 0 Å². The second-order valence-corrected chi connectivity index (χ2v) is 6.08. The Bertz CT molecular complexity index is 666. The Morgan fingerprint density at radius 1 is 1.35 bits per heavy atom. The van der Waals surface area contributed by atoms with Crippen LogP contribution in [-0.2, 0) is 0 Å². The molecule has 1 unspecified atom stereocenters. The van der Waals surface area contributed by atoms with Crippen molar-refractivity contribution in [3.63, 3.8) is 0 Å². The highest BCUT2D eigenvalue weighted by molar-refractivity contribution is 5.99. The number of amides is 1. The molecule has 2 rings (SSSR count). The summed E-state index contributed by atoms with van der Waals surface area (Å²) in [7, 11) is 3.71. The number of aromatic nitrogens is 3. The Labute approximate surface area is 136 Å². The predicted octanol–water partition coefficient (Wildman–Crippen LogP) is 2.36. The quantitative estimate of drug-likeness (QED) is 0.880. The van der Waals surface area contributed by atoms with Crippen molar-refractivity contribution in [3.05, 3.63) is 35.7 Å². The third-order valence-electron chi connectivity index (χ3n) is 3.31. The lowest BCUT2D eigenvalue weighted by atomic mass is 10.0. The highest BCUT2D eigenvalue weighted by Crippen LogP contribution is 2.22. The highest BCUT2D eigenvalue weighted by atomic mass is 16.4. The summed E-state index contributed by atoms with van der Waals surface area (Å²) in [6.45, 7) is 5.89. The average Bonchev–Trinajstić information content (AvgIpc) is 2.92. The van der Waals surface area contributed by atoms with Crippen molar-refractivity contribution in [2.75, 3.05) is 19.0 Å². The molecule has 0 saturated carbocycles. The van der Waals surface area contributed by atoms with Crippen molar-refractivity contribution >= 4 is 11.7 Å². The van der Waals surface area contributed by atoms with E-state index in [9.17, 15) is 4.79 Å². The van der Waals surface area contributed by atoms with E-state index in [1.54, 1.807) is 25.3 Å². The van der Waals surface area contributed by atoms with Crippen LogP contribution in [0.4, 0.5) is 5.82 Å². The van der Waals surface area contributed by atoms with Gasteiger partial charge in [-0.25, -0.2) is 4.98 Å². The van der Waals surface area contributed by atoms with Crippen LogP contribution in [-0.4, -0.2) is 35.2 Å². The van der Waals surface area contributed by atoms with E-state index in [0.29, 0.717) is 35.5 Å². The molecule has 1 N–H and O–H groups in total. The fourth-order valence-electron chi connectivity index (χ4n) is 2.31. The first-order chi connectivity index (χ1) is 10.9. The molecule has 0 aliphatic carbocycles. The predicted molar refractivity (Wildman–Crippen MR) is 87.3 cm³/mol. The molecule has 0 bridgehead atoms. The van der Waals surface area contributed by atoms with Gasteiger partial charge < -0.3 is 14.6 Å². The molecular weight excluding hydrogens is 294 g/mol. The molecule has 1 amide bonds. The summed E-state index contributed by atoms with van der Waals surface area (Å²) < 4.78 is 5.50. The Morgan fingerprint density at radius 3 is 2.65 bits per heavy atom. The number of nitrogens with zero attached hydrogens (tertiary/aromatic N) is 4. The first kappa shape index (κ1) is 16.9. The zero-order valence-electron chi connectivity index (χ0n) is 14.2. The summed E-state index contributed by atoms with van der Waals surface area (Å²) in [5, 5.41) is 10.9. The second kappa shape index (κ2) is 7.21. The number of carbonyl (C=O) groups is 1. The van der Waals surface area contributed by atoms with Crippen LogP contribution in [0.1, 0.15) is 48.4 Å². The summed E-state index contributed by atoms with van der Waals surface area (Å²) in [4.78, 5) is 18.7. The number of hydrogen-bond acceptors (Lipinski definition) is 6. The topological polar surface area (TPSA) is 84.2 Å². The fourth-order valence-corrected chi connectivity index (χ4v) is 2.31. The second-order valence-electron chi connectivity index (χ2n) is 6.08. The average molecular weight is 317 g/mol. The van der Waals surface area contributed by atoms with E-state index in [-0.39, 0.29) is 11.9 Å². The molecule has 23 heavy (non-hydrogen) atoms. The van der Waals surface area contributed by atoms with E-state index in [2.05, 4.69) is 34.3 Å². The molecular formula is C16H23N5O2. The lowest BCUT2D eigenvalue weighted by Gasteiger charge is -2.19. The zero-order valence-corrected chi connectivity index (χ0v) is 14.2. The van der Waals surface area contributed by atoms with Gasteiger partial charge in [-0.1, -0.05) is 13.8 Å². The molecule has 0 radical (unpaired) electrons. The standard InChI is InChI=1S/C16H23N5O2/c1-10(2)9-13(16-20-19-11(3)23-16)18-15(22)12-7-6-8-17-14(12)21(4)5/h6-8,10,13H,9H2,1-5H3,(H,18,22). The van der Waals surface area contributed by atoms with Gasteiger partial charge in [0.1, 0.15) is 11.9 Å². The van der Waals surface area contributed by atoms with Crippen LogP contribution >= 0.6 is 0 Å². The third-order valence-corrected chi connectivity index (χ3v) is 3.31. The molecule has 2 aromatic heterocycles. The summed E-state index contributed by atoms with van der Waals surface area (Å²) in [6.07, 6.45) is 2.38. The van der Waals surface area contributed by atoms with Gasteiger partial charge in [-0.2, -0.15) is 0 Å². The summed E-state index contributed by atoms with van der Waals surface area (Å²) in [5.74, 6) is 1.70. The normalized spacial score (nSPS) is 12.3. The molecule has 7 nitrogen and oxygen atoms in total. The molecule has 0 aromatic carbocycles. The number of aryl methyl sites for hydroxylation is 1. The largest absolute Gasteiger partial charge is 0.423 e. The summed E-state index contributed by atoms with van der Waals surface area (Å²) in [6, 6.07) is 3.18. The smallest absolute Gasteiger partial charge is 0.255 e. The van der Waals surface area contributed by atoms with Gasteiger partial charge in [-0.3, -0.25) is 4.79 Å². The van der Waals surface area contributed by atoms with Crippen LogP contribution in [0.25, 0.3) is 0 Å². The lowest BCUT2D eigenvalue weighted by Crippen LogP contribution is -2.31. The molecule has 0 spiro atoms. The molecule has 124 valence electrons. The van der Waals surface area contributed by atoms with E-state index in [1.807, 2.05) is 19.0 Å².